The maximum Gasteiger partial charge on any atom is 0.276 e. The fraction of sp³-hybridized carbons (Fsp3) is 0.333. The molecule has 1 amide bonds. The van der Waals surface area contributed by atoms with Crippen LogP contribution < -0.4 is 18.9 Å². The summed E-state index contributed by atoms with van der Waals surface area (Å²) in [6.07, 6.45) is 1.79. The molecule has 2 aliphatic rings. The van der Waals surface area contributed by atoms with Crippen LogP contribution in [0.4, 0.5) is 0 Å². The van der Waals surface area contributed by atoms with Crippen LogP contribution in [0.5, 0.6) is 23.0 Å². The van der Waals surface area contributed by atoms with Crippen molar-refractivity contribution in [1.82, 2.24) is 10.1 Å². The van der Waals surface area contributed by atoms with Gasteiger partial charge < -0.3 is 28.4 Å². The monoisotopic (exact) mass is 436 g/mol. The fourth-order valence-corrected chi connectivity index (χ4v) is 4.28. The average molecular weight is 436 g/mol. The minimum Gasteiger partial charge on any atom is -0.497 e. The van der Waals surface area contributed by atoms with Gasteiger partial charge in [-0.2, -0.15) is 0 Å². The molecule has 5 rings (SSSR count). The largest absolute Gasteiger partial charge is 0.497 e. The Kier molecular flexibility index (Phi) is 5.34. The van der Waals surface area contributed by atoms with Gasteiger partial charge in [0.1, 0.15) is 24.7 Å². The van der Waals surface area contributed by atoms with Gasteiger partial charge in [-0.3, -0.25) is 4.79 Å². The lowest BCUT2D eigenvalue weighted by molar-refractivity contribution is 0.0724. The number of carbonyl (C=O) groups is 1. The zero-order valence-corrected chi connectivity index (χ0v) is 18.0. The summed E-state index contributed by atoms with van der Waals surface area (Å²) in [6, 6.07) is 12.9. The van der Waals surface area contributed by atoms with E-state index in [-0.39, 0.29) is 17.6 Å². The average Bonchev–Trinajstić information content (AvgIpc) is 3.53. The summed E-state index contributed by atoms with van der Waals surface area (Å²) in [6.45, 7) is 1.73. The number of ether oxygens (including phenoxy) is 4. The van der Waals surface area contributed by atoms with E-state index in [1.165, 1.54) is 0 Å². The maximum atomic E-state index is 13.3. The van der Waals surface area contributed by atoms with Gasteiger partial charge in [0, 0.05) is 12.6 Å². The van der Waals surface area contributed by atoms with E-state index in [1.54, 1.807) is 38.5 Å². The smallest absolute Gasteiger partial charge is 0.276 e. The van der Waals surface area contributed by atoms with E-state index in [0.717, 1.165) is 29.9 Å². The van der Waals surface area contributed by atoms with E-state index < -0.39 is 0 Å². The molecule has 1 atom stereocenters. The van der Waals surface area contributed by atoms with Crippen molar-refractivity contribution in [2.24, 2.45) is 0 Å². The van der Waals surface area contributed by atoms with Gasteiger partial charge in [-0.15, -0.1) is 0 Å². The summed E-state index contributed by atoms with van der Waals surface area (Å²) in [5.74, 6) is 3.00. The molecule has 3 aromatic rings. The van der Waals surface area contributed by atoms with Crippen LogP contribution in [0.25, 0.3) is 11.3 Å². The van der Waals surface area contributed by atoms with E-state index in [9.17, 15) is 4.79 Å². The number of nitrogens with zero attached hydrogens (tertiary/aromatic N) is 2. The van der Waals surface area contributed by atoms with E-state index in [2.05, 4.69) is 5.16 Å². The number of methoxy groups -OCH3 is 2. The number of hydrogen-bond donors (Lipinski definition) is 0. The Labute approximate surface area is 185 Å². The number of fused-ring (bicyclic) bond motifs is 1. The van der Waals surface area contributed by atoms with Crippen LogP contribution in [-0.2, 0) is 0 Å². The quantitative estimate of drug-likeness (QED) is 0.595. The highest BCUT2D eigenvalue weighted by Gasteiger charge is 2.33. The molecule has 0 spiro atoms. The van der Waals surface area contributed by atoms with Gasteiger partial charge in [0.15, 0.2) is 23.0 Å². The number of benzene rings is 2. The molecular formula is C24H24N2O6. The minimum atomic E-state index is -0.167. The van der Waals surface area contributed by atoms with E-state index >= 15 is 0 Å². The van der Waals surface area contributed by atoms with Crippen LogP contribution in [0.15, 0.2) is 47.0 Å². The Morgan fingerprint density at radius 1 is 1.03 bits per heavy atom. The minimum absolute atomic E-state index is 0.0511. The van der Waals surface area contributed by atoms with Gasteiger partial charge in [0.2, 0.25) is 0 Å². The second kappa shape index (κ2) is 8.45. The molecule has 0 aliphatic carbocycles. The van der Waals surface area contributed by atoms with Gasteiger partial charge in [-0.25, -0.2) is 0 Å². The molecule has 166 valence electrons. The Morgan fingerprint density at radius 3 is 2.69 bits per heavy atom. The molecule has 1 saturated heterocycles. The van der Waals surface area contributed by atoms with E-state index in [1.807, 2.05) is 23.1 Å². The SMILES string of the molecule is COc1ccc(OC)c(-c2cc(C(=O)N3CCCC3c3ccc4c(c3)OCCO4)no2)c1. The fourth-order valence-electron chi connectivity index (χ4n) is 4.28. The first-order valence-corrected chi connectivity index (χ1v) is 10.6. The molecule has 0 N–H and O–H groups in total. The molecule has 2 aromatic carbocycles. The summed E-state index contributed by atoms with van der Waals surface area (Å²) in [4.78, 5) is 15.2. The van der Waals surface area contributed by atoms with Crippen molar-refractivity contribution in [2.75, 3.05) is 34.0 Å². The summed E-state index contributed by atoms with van der Waals surface area (Å²) in [5.41, 5.74) is 1.95. The number of carbonyl (C=O) groups excluding carboxylic acids is 1. The number of rotatable bonds is 5. The number of likely N-dealkylation sites (tertiary alicyclic amines) is 1. The van der Waals surface area contributed by atoms with Gasteiger partial charge in [0.05, 0.1) is 25.8 Å². The van der Waals surface area contributed by atoms with Crippen LogP contribution in [0, 0.1) is 0 Å². The van der Waals surface area contributed by atoms with Crippen molar-refractivity contribution >= 4 is 5.91 Å². The van der Waals surface area contributed by atoms with E-state index in [4.69, 9.17) is 23.5 Å². The molecule has 32 heavy (non-hydrogen) atoms. The molecular weight excluding hydrogens is 412 g/mol. The normalized spacial score (nSPS) is 17.3. The summed E-state index contributed by atoms with van der Waals surface area (Å²) >= 11 is 0. The van der Waals surface area contributed by atoms with Crippen molar-refractivity contribution in [1.29, 1.82) is 0 Å². The lowest BCUT2D eigenvalue weighted by Gasteiger charge is -2.26. The standard InChI is InChI=1S/C24H24N2O6/c1-28-16-6-8-20(29-2)17(13-16)22-14-18(25-32-22)24(27)26-9-3-4-19(26)15-5-7-21-23(12-15)31-11-10-30-21/h5-8,12-14,19H,3-4,9-11H2,1-2H3. The molecule has 3 heterocycles. The van der Waals surface area contributed by atoms with Crippen molar-refractivity contribution < 1.29 is 28.3 Å². The number of amides is 1. The van der Waals surface area contributed by atoms with Crippen molar-refractivity contribution in [3.8, 4) is 34.3 Å². The molecule has 0 radical (unpaired) electrons. The Morgan fingerprint density at radius 2 is 1.88 bits per heavy atom. The zero-order chi connectivity index (χ0) is 22.1. The molecule has 0 saturated carbocycles. The Hall–Kier alpha value is -3.68. The first-order chi connectivity index (χ1) is 15.7. The molecule has 1 aromatic heterocycles. The Bertz CT molecular complexity index is 1140. The zero-order valence-electron chi connectivity index (χ0n) is 18.0. The lowest BCUT2D eigenvalue weighted by atomic mass is 10.0. The molecule has 1 unspecified atom stereocenters. The van der Waals surface area contributed by atoms with Gasteiger partial charge in [-0.1, -0.05) is 11.2 Å². The summed E-state index contributed by atoms with van der Waals surface area (Å²) in [7, 11) is 3.17. The molecule has 8 nitrogen and oxygen atoms in total. The predicted octanol–water partition coefficient (Wildman–Crippen LogP) is 4.11. The molecule has 2 aliphatic heterocycles. The highest BCUT2D eigenvalue weighted by molar-refractivity contribution is 5.93. The van der Waals surface area contributed by atoms with Crippen molar-refractivity contribution in [3.05, 3.63) is 53.7 Å². The lowest BCUT2D eigenvalue weighted by Crippen LogP contribution is -2.30. The second-order valence-corrected chi connectivity index (χ2v) is 7.70. The van der Waals surface area contributed by atoms with Crippen LogP contribution in [-0.4, -0.2) is 49.9 Å². The third-order valence-electron chi connectivity index (χ3n) is 5.87. The maximum absolute atomic E-state index is 13.3. The summed E-state index contributed by atoms with van der Waals surface area (Å²) in [5, 5.41) is 4.06. The van der Waals surface area contributed by atoms with Crippen molar-refractivity contribution in [2.45, 2.75) is 18.9 Å². The first-order valence-electron chi connectivity index (χ1n) is 10.6. The highest BCUT2D eigenvalue weighted by Crippen LogP contribution is 2.39. The third kappa shape index (κ3) is 3.62. The summed E-state index contributed by atoms with van der Waals surface area (Å²) < 4.78 is 27.6. The van der Waals surface area contributed by atoms with Gasteiger partial charge >= 0.3 is 0 Å². The second-order valence-electron chi connectivity index (χ2n) is 7.70. The molecule has 1 fully saturated rings. The predicted molar refractivity (Wildman–Crippen MR) is 115 cm³/mol. The first kappa shape index (κ1) is 20.2. The highest BCUT2D eigenvalue weighted by atomic mass is 16.6. The van der Waals surface area contributed by atoms with Crippen LogP contribution in [0.3, 0.4) is 0 Å². The van der Waals surface area contributed by atoms with Crippen LogP contribution >= 0.6 is 0 Å². The van der Waals surface area contributed by atoms with Crippen LogP contribution in [0.2, 0.25) is 0 Å². The number of hydrogen-bond acceptors (Lipinski definition) is 7. The van der Waals surface area contributed by atoms with Gasteiger partial charge in [0.25, 0.3) is 5.91 Å². The van der Waals surface area contributed by atoms with Crippen LogP contribution in [0.1, 0.15) is 34.9 Å². The topological polar surface area (TPSA) is 83.3 Å². The van der Waals surface area contributed by atoms with Crippen molar-refractivity contribution in [3.63, 3.8) is 0 Å². The number of aromatic nitrogens is 1. The van der Waals surface area contributed by atoms with E-state index in [0.29, 0.717) is 42.6 Å². The molecule has 8 heteroatoms. The molecule has 0 bridgehead atoms. The Balaban J connectivity index is 1.41. The van der Waals surface area contributed by atoms with Gasteiger partial charge in [-0.05, 0) is 48.7 Å². The third-order valence-corrected chi connectivity index (χ3v) is 5.87.